The van der Waals surface area contributed by atoms with Crippen molar-refractivity contribution in [2.24, 2.45) is 5.41 Å². The van der Waals surface area contributed by atoms with Gasteiger partial charge in [0.05, 0.1) is 0 Å². The van der Waals surface area contributed by atoms with Crippen molar-refractivity contribution in [2.45, 2.75) is 13.3 Å². The van der Waals surface area contributed by atoms with Crippen molar-refractivity contribution in [1.29, 1.82) is 0 Å². The first-order valence-electron chi connectivity index (χ1n) is 8.07. The number of aromatic hydroxyl groups is 1. The van der Waals surface area contributed by atoms with E-state index in [4.69, 9.17) is 0 Å². The summed E-state index contributed by atoms with van der Waals surface area (Å²) in [6.07, 6.45) is 1.23. The molecule has 0 saturated carbocycles. The number of benzene rings is 1. The molecule has 2 aliphatic heterocycles. The molecule has 2 aliphatic rings. The average Bonchev–Trinajstić information content (AvgIpc) is 2.93. The van der Waals surface area contributed by atoms with Gasteiger partial charge in [0, 0.05) is 44.8 Å². The fraction of sp³-hybridized carbons (Fsp3) is 0.588. The van der Waals surface area contributed by atoms with Gasteiger partial charge in [-0.05, 0) is 36.6 Å². The van der Waals surface area contributed by atoms with Crippen molar-refractivity contribution >= 4 is 5.91 Å². The zero-order chi connectivity index (χ0) is 15.6. The highest BCUT2D eigenvalue weighted by molar-refractivity contribution is 5.94. The van der Waals surface area contributed by atoms with Crippen molar-refractivity contribution < 1.29 is 9.90 Å². The summed E-state index contributed by atoms with van der Waals surface area (Å²) in [5.74, 6) is 0.162. The molecule has 1 aromatic carbocycles. The molecule has 2 fully saturated rings. The Bertz CT molecular complexity index is 532. The minimum absolute atomic E-state index is 0.0179. The van der Waals surface area contributed by atoms with Gasteiger partial charge >= 0.3 is 0 Å². The largest absolute Gasteiger partial charge is 0.508 e. The lowest BCUT2D eigenvalue weighted by Crippen LogP contribution is -2.51. The number of phenolic OH excluding ortho intramolecular Hbond substituents is 1. The van der Waals surface area contributed by atoms with E-state index in [0.29, 0.717) is 11.0 Å². The molecule has 0 aliphatic carbocycles. The molecular weight excluding hydrogens is 278 g/mol. The van der Waals surface area contributed by atoms with Crippen LogP contribution in [0.25, 0.3) is 0 Å². The van der Waals surface area contributed by atoms with Crippen LogP contribution in [0, 0.1) is 5.41 Å². The Balaban J connectivity index is 1.54. The van der Waals surface area contributed by atoms with Gasteiger partial charge < -0.3 is 15.3 Å². The summed E-state index contributed by atoms with van der Waals surface area (Å²) < 4.78 is 0. The van der Waals surface area contributed by atoms with Gasteiger partial charge in [0.15, 0.2) is 0 Å². The number of phenols is 1. The Morgan fingerprint density at radius 3 is 2.73 bits per heavy atom. The highest BCUT2D eigenvalue weighted by atomic mass is 16.3. The Morgan fingerprint density at radius 1 is 1.32 bits per heavy atom. The van der Waals surface area contributed by atoms with E-state index in [1.54, 1.807) is 24.3 Å². The molecule has 1 aromatic rings. The summed E-state index contributed by atoms with van der Waals surface area (Å²) >= 11 is 0. The highest BCUT2D eigenvalue weighted by Crippen LogP contribution is 2.26. The molecule has 2 heterocycles. The van der Waals surface area contributed by atoms with E-state index in [1.807, 2.05) is 4.90 Å². The van der Waals surface area contributed by atoms with Crippen LogP contribution in [0.1, 0.15) is 23.7 Å². The van der Waals surface area contributed by atoms with Crippen molar-refractivity contribution in [1.82, 2.24) is 15.1 Å². The quantitative estimate of drug-likeness (QED) is 0.879. The van der Waals surface area contributed by atoms with E-state index >= 15 is 0 Å². The standard InChI is InChI=1S/C17H25N3O2/c1-17(5-6-18-12-17)13-19-7-9-20(10-8-19)16(22)14-3-2-4-15(21)11-14/h2-4,11,18,21H,5-10,12-13H2,1H3. The van der Waals surface area contributed by atoms with Gasteiger partial charge in [-0.2, -0.15) is 0 Å². The van der Waals surface area contributed by atoms with E-state index in [0.717, 1.165) is 45.8 Å². The molecular formula is C17H25N3O2. The Morgan fingerprint density at radius 2 is 2.09 bits per heavy atom. The molecule has 120 valence electrons. The molecule has 2 saturated heterocycles. The number of carbonyl (C=O) groups is 1. The molecule has 1 atom stereocenters. The number of piperazine rings is 1. The smallest absolute Gasteiger partial charge is 0.254 e. The molecule has 0 bridgehead atoms. The molecule has 0 radical (unpaired) electrons. The lowest BCUT2D eigenvalue weighted by atomic mass is 9.89. The van der Waals surface area contributed by atoms with Crippen LogP contribution in [-0.2, 0) is 0 Å². The first-order chi connectivity index (χ1) is 10.6. The number of carbonyl (C=O) groups excluding carboxylic acids is 1. The summed E-state index contributed by atoms with van der Waals surface area (Å²) in [6.45, 7) is 9.05. The van der Waals surface area contributed by atoms with Gasteiger partial charge in [-0.3, -0.25) is 9.69 Å². The Hall–Kier alpha value is -1.59. The fourth-order valence-electron chi connectivity index (χ4n) is 3.47. The normalized spacial score (nSPS) is 26.3. The number of rotatable bonds is 3. The van der Waals surface area contributed by atoms with Gasteiger partial charge in [0.25, 0.3) is 5.91 Å². The Kier molecular flexibility index (Phi) is 4.36. The molecule has 22 heavy (non-hydrogen) atoms. The molecule has 0 spiro atoms. The minimum Gasteiger partial charge on any atom is -0.508 e. The maximum absolute atomic E-state index is 12.5. The van der Waals surface area contributed by atoms with Crippen LogP contribution >= 0.6 is 0 Å². The van der Waals surface area contributed by atoms with E-state index in [2.05, 4.69) is 17.1 Å². The average molecular weight is 303 g/mol. The van der Waals surface area contributed by atoms with Crippen molar-refractivity contribution in [3.8, 4) is 5.75 Å². The Labute approximate surface area is 131 Å². The molecule has 3 rings (SSSR count). The van der Waals surface area contributed by atoms with E-state index in [9.17, 15) is 9.90 Å². The van der Waals surface area contributed by atoms with E-state index in [-0.39, 0.29) is 11.7 Å². The fourth-order valence-corrected chi connectivity index (χ4v) is 3.47. The zero-order valence-corrected chi connectivity index (χ0v) is 13.2. The van der Waals surface area contributed by atoms with Crippen molar-refractivity contribution in [3.05, 3.63) is 29.8 Å². The highest BCUT2D eigenvalue weighted by Gasteiger charge is 2.32. The molecule has 5 heteroatoms. The van der Waals surface area contributed by atoms with Crippen LogP contribution in [0.3, 0.4) is 0 Å². The maximum atomic E-state index is 12.5. The number of nitrogens with one attached hydrogen (secondary N) is 1. The van der Waals surface area contributed by atoms with Crippen LogP contribution in [0.4, 0.5) is 0 Å². The second-order valence-corrected chi connectivity index (χ2v) is 6.86. The second-order valence-electron chi connectivity index (χ2n) is 6.86. The predicted octanol–water partition coefficient (Wildman–Crippen LogP) is 1.15. The minimum atomic E-state index is 0.0179. The van der Waals surface area contributed by atoms with E-state index < -0.39 is 0 Å². The van der Waals surface area contributed by atoms with Gasteiger partial charge in [-0.25, -0.2) is 0 Å². The van der Waals surface area contributed by atoms with Crippen LogP contribution in [0.2, 0.25) is 0 Å². The molecule has 5 nitrogen and oxygen atoms in total. The summed E-state index contributed by atoms with van der Waals surface area (Å²) in [4.78, 5) is 16.8. The van der Waals surface area contributed by atoms with Gasteiger partial charge in [0.1, 0.15) is 5.75 Å². The number of hydrogen-bond acceptors (Lipinski definition) is 4. The number of amides is 1. The summed E-state index contributed by atoms with van der Waals surface area (Å²) in [6, 6.07) is 6.61. The van der Waals surface area contributed by atoms with Crippen LogP contribution < -0.4 is 5.32 Å². The van der Waals surface area contributed by atoms with Crippen LogP contribution in [0.5, 0.6) is 5.75 Å². The molecule has 1 unspecified atom stereocenters. The SMILES string of the molecule is CC1(CN2CCN(C(=O)c3cccc(O)c3)CC2)CCNC1. The molecule has 2 N–H and O–H groups in total. The zero-order valence-electron chi connectivity index (χ0n) is 13.2. The van der Waals surface area contributed by atoms with Gasteiger partial charge in [-0.15, -0.1) is 0 Å². The molecule has 0 aromatic heterocycles. The first-order valence-corrected chi connectivity index (χ1v) is 8.07. The third kappa shape index (κ3) is 3.42. The first kappa shape index (κ1) is 15.3. The second kappa shape index (κ2) is 6.26. The number of nitrogens with zero attached hydrogens (tertiary/aromatic N) is 2. The third-order valence-electron chi connectivity index (χ3n) is 4.82. The van der Waals surface area contributed by atoms with Crippen LogP contribution in [-0.4, -0.2) is 66.6 Å². The lowest BCUT2D eigenvalue weighted by molar-refractivity contribution is 0.0581. The lowest BCUT2D eigenvalue weighted by Gasteiger charge is -2.38. The summed E-state index contributed by atoms with van der Waals surface area (Å²) in [7, 11) is 0. The van der Waals surface area contributed by atoms with Crippen LogP contribution in [0.15, 0.2) is 24.3 Å². The summed E-state index contributed by atoms with van der Waals surface area (Å²) in [5, 5.41) is 12.9. The van der Waals surface area contributed by atoms with Gasteiger partial charge in [-0.1, -0.05) is 13.0 Å². The number of hydrogen-bond donors (Lipinski definition) is 2. The summed E-state index contributed by atoms with van der Waals surface area (Å²) in [5.41, 5.74) is 0.942. The third-order valence-corrected chi connectivity index (χ3v) is 4.82. The van der Waals surface area contributed by atoms with E-state index in [1.165, 1.54) is 6.42 Å². The van der Waals surface area contributed by atoms with Crippen molar-refractivity contribution in [2.75, 3.05) is 45.8 Å². The maximum Gasteiger partial charge on any atom is 0.254 e. The predicted molar refractivity (Wildman–Crippen MR) is 86.0 cm³/mol. The molecule has 1 amide bonds. The van der Waals surface area contributed by atoms with Gasteiger partial charge in [0.2, 0.25) is 0 Å². The topological polar surface area (TPSA) is 55.8 Å². The monoisotopic (exact) mass is 303 g/mol. The van der Waals surface area contributed by atoms with Crippen molar-refractivity contribution in [3.63, 3.8) is 0 Å².